The van der Waals surface area contributed by atoms with E-state index in [2.05, 4.69) is 205 Å². The SMILES string of the molecule is O=P(c1ccc2ccccc2c1)(c1ccc2ccccc2c1)c1ccc2c(ccc3cc(-c4cccc5nc6c7c8ccccc8ccc7c7cc8ccccc8cc7n6c45)ccc32)c1. The van der Waals surface area contributed by atoms with Crippen LogP contribution in [0.1, 0.15) is 0 Å². The summed E-state index contributed by atoms with van der Waals surface area (Å²) >= 11 is 0. The Labute approximate surface area is 373 Å². The van der Waals surface area contributed by atoms with Crippen molar-refractivity contribution in [2.24, 2.45) is 0 Å². The van der Waals surface area contributed by atoms with Gasteiger partial charge in [-0.05, 0) is 118 Å². The highest BCUT2D eigenvalue weighted by Gasteiger charge is 2.31. The first-order chi connectivity index (χ1) is 32.1. The van der Waals surface area contributed by atoms with Crippen LogP contribution in [0.15, 0.2) is 224 Å². The summed E-state index contributed by atoms with van der Waals surface area (Å²) < 4.78 is 18.5. The number of nitrogens with zero attached hydrogens (tertiary/aromatic N) is 2. The van der Waals surface area contributed by atoms with Crippen LogP contribution in [0.3, 0.4) is 0 Å². The number of pyridine rings is 1. The molecule has 4 heteroatoms. The Balaban J connectivity index is 0.962. The van der Waals surface area contributed by atoms with Gasteiger partial charge in [-0.1, -0.05) is 182 Å². The summed E-state index contributed by atoms with van der Waals surface area (Å²) in [6.07, 6.45) is 0. The summed E-state index contributed by atoms with van der Waals surface area (Å²) in [6.45, 7) is 0. The summed E-state index contributed by atoms with van der Waals surface area (Å²) in [5.41, 5.74) is 6.43. The van der Waals surface area contributed by atoms with E-state index < -0.39 is 7.14 Å². The maximum atomic E-state index is 16.1. The maximum Gasteiger partial charge on any atom is 0.171 e. The number of hydrogen-bond acceptors (Lipinski definition) is 2. The van der Waals surface area contributed by atoms with Crippen molar-refractivity contribution in [3.63, 3.8) is 0 Å². The van der Waals surface area contributed by atoms with Crippen LogP contribution in [0.5, 0.6) is 0 Å². The average Bonchev–Trinajstić information content (AvgIpc) is 3.77. The van der Waals surface area contributed by atoms with Crippen LogP contribution in [0.25, 0.3) is 114 Å². The number of aromatic nitrogens is 2. The number of fused-ring (bicyclic) bond motifs is 16. The van der Waals surface area contributed by atoms with Crippen LogP contribution in [0.2, 0.25) is 0 Å². The van der Waals surface area contributed by atoms with Crippen molar-refractivity contribution in [3.8, 4) is 11.1 Å². The van der Waals surface area contributed by atoms with E-state index in [0.717, 1.165) is 92.3 Å². The molecule has 0 aliphatic heterocycles. The van der Waals surface area contributed by atoms with Crippen molar-refractivity contribution in [3.05, 3.63) is 224 Å². The third-order valence-corrected chi connectivity index (χ3v) is 16.9. The summed E-state index contributed by atoms with van der Waals surface area (Å²) in [4.78, 5) is 5.45. The van der Waals surface area contributed by atoms with E-state index in [9.17, 15) is 0 Å². The summed E-state index contributed by atoms with van der Waals surface area (Å²) in [5, 5.41) is 19.8. The molecule has 302 valence electrons. The first-order valence-electron chi connectivity index (χ1n) is 22.2. The maximum absolute atomic E-state index is 16.1. The second kappa shape index (κ2) is 13.7. The fraction of sp³-hybridized carbons (Fsp3) is 0. The lowest BCUT2D eigenvalue weighted by atomic mass is 9.96. The van der Waals surface area contributed by atoms with Crippen molar-refractivity contribution in [1.29, 1.82) is 0 Å². The molecule has 0 spiro atoms. The second-order valence-electron chi connectivity index (χ2n) is 17.4. The zero-order chi connectivity index (χ0) is 42.8. The van der Waals surface area contributed by atoms with Gasteiger partial charge in [0.05, 0.1) is 16.6 Å². The molecule has 2 aromatic heterocycles. The van der Waals surface area contributed by atoms with E-state index in [1.807, 2.05) is 24.3 Å². The Bertz CT molecular complexity index is 4330. The summed E-state index contributed by atoms with van der Waals surface area (Å²) in [5.74, 6) is 0. The molecule has 0 saturated carbocycles. The number of hydrogen-bond donors (Lipinski definition) is 0. The number of rotatable bonds is 4. The number of imidazole rings is 1. The molecule has 0 bridgehead atoms. The Morgan fingerprint density at radius 1 is 0.354 bits per heavy atom. The molecule has 0 amide bonds. The van der Waals surface area contributed by atoms with E-state index >= 15 is 4.57 Å². The first kappa shape index (κ1) is 36.4. The molecule has 0 fully saturated rings. The van der Waals surface area contributed by atoms with E-state index in [-0.39, 0.29) is 0 Å². The molecule has 65 heavy (non-hydrogen) atoms. The van der Waals surface area contributed by atoms with Crippen LogP contribution < -0.4 is 15.9 Å². The molecular weight excluding hydrogens is 808 g/mol. The zero-order valence-corrected chi connectivity index (χ0v) is 36.0. The molecule has 0 N–H and O–H groups in total. The van der Waals surface area contributed by atoms with Gasteiger partial charge in [-0.15, -0.1) is 0 Å². The van der Waals surface area contributed by atoms with Crippen LogP contribution in [0, 0.1) is 0 Å². The molecule has 0 aliphatic rings. The van der Waals surface area contributed by atoms with Gasteiger partial charge in [0.2, 0.25) is 0 Å². The van der Waals surface area contributed by atoms with E-state index in [0.29, 0.717) is 0 Å². The predicted octanol–water partition coefficient (Wildman–Crippen LogP) is 15.0. The summed E-state index contributed by atoms with van der Waals surface area (Å²) in [7, 11) is -3.30. The van der Waals surface area contributed by atoms with Gasteiger partial charge >= 0.3 is 0 Å². The molecular formula is C61H37N2OP. The Hall–Kier alpha value is -8.10. The fourth-order valence-electron chi connectivity index (χ4n) is 10.7. The van der Waals surface area contributed by atoms with Crippen LogP contribution >= 0.6 is 7.14 Å². The molecule has 0 radical (unpaired) electrons. The third kappa shape index (κ3) is 5.37. The Morgan fingerprint density at radius 3 is 1.55 bits per heavy atom. The van der Waals surface area contributed by atoms with Gasteiger partial charge in [-0.25, -0.2) is 4.98 Å². The Kier molecular flexibility index (Phi) is 7.67. The van der Waals surface area contributed by atoms with Crippen molar-refractivity contribution in [2.75, 3.05) is 0 Å². The fourth-order valence-corrected chi connectivity index (χ4v) is 13.5. The molecule has 14 aromatic rings. The smallest absolute Gasteiger partial charge is 0.171 e. The van der Waals surface area contributed by atoms with Gasteiger partial charge in [0.1, 0.15) is 5.65 Å². The summed E-state index contributed by atoms with van der Waals surface area (Å²) in [6, 6.07) is 79.9. The highest BCUT2D eigenvalue weighted by molar-refractivity contribution is 7.85. The molecule has 12 aromatic carbocycles. The monoisotopic (exact) mass is 844 g/mol. The standard InChI is InChI=1S/C61H37N2OP/c64-65(48-26-22-38-10-1-3-13-41(38)33-48,49-27-23-39-11-2-4-14-42(39)34-49)50-28-31-52-47(35-50)21-20-45-32-46(25-29-51(45)52)54-18-9-19-57-60(54)63-58-37-44-16-6-5-15-43(44)36-56(58)55-30-24-40-12-7-8-17-53(40)59(55)61(63)62-57/h1-37H. The van der Waals surface area contributed by atoms with Gasteiger partial charge in [0.15, 0.2) is 7.14 Å². The first-order valence-corrected chi connectivity index (χ1v) is 23.9. The largest absolute Gasteiger partial charge is 0.309 e. The topological polar surface area (TPSA) is 34.4 Å². The zero-order valence-electron chi connectivity index (χ0n) is 35.1. The Morgan fingerprint density at radius 2 is 0.862 bits per heavy atom. The van der Waals surface area contributed by atoms with E-state index in [4.69, 9.17) is 4.98 Å². The van der Waals surface area contributed by atoms with Crippen LogP contribution in [0.4, 0.5) is 0 Å². The van der Waals surface area contributed by atoms with Crippen molar-refractivity contribution < 1.29 is 4.57 Å². The normalized spacial score (nSPS) is 12.4. The van der Waals surface area contributed by atoms with Crippen molar-refractivity contribution >= 4 is 126 Å². The lowest BCUT2D eigenvalue weighted by molar-refractivity contribution is 0.592. The predicted molar refractivity (Wildman–Crippen MR) is 278 cm³/mol. The second-order valence-corrected chi connectivity index (χ2v) is 20.2. The van der Waals surface area contributed by atoms with Crippen molar-refractivity contribution in [2.45, 2.75) is 0 Å². The molecule has 3 nitrogen and oxygen atoms in total. The highest BCUT2D eigenvalue weighted by Crippen LogP contribution is 2.46. The van der Waals surface area contributed by atoms with Gasteiger partial charge in [0, 0.05) is 32.2 Å². The highest BCUT2D eigenvalue weighted by atomic mass is 31.2. The molecule has 14 rings (SSSR count). The lowest BCUT2D eigenvalue weighted by Gasteiger charge is -2.22. The minimum absolute atomic E-state index is 0.825. The van der Waals surface area contributed by atoms with Crippen LogP contribution in [-0.4, -0.2) is 9.38 Å². The lowest BCUT2D eigenvalue weighted by Crippen LogP contribution is -2.25. The third-order valence-electron chi connectivity index (χ3n) is 13.9. The van der Waals surface area contributed by atoms with E-state index in [1.54, 1.807) is 0 Å². The molecule has 0 aliphatic carbocycles. The van der Waals surface area contributed by atoms with Crippen LogP contribution in [-0.2, 0) is 4.57 Å². The quantitative estimate of drug-likeness (QED) is 0.100. The van der Waals surface area contributed by atoms with Gasteiger partial charge in [-0.2, -0.15) is 0 Å². The van der Waals surface area contributed by atoms with E-state index in [1.165, 1.54) is 37.7 Å². The minimum atomic E-state index is -3.30. The number of benzene rings is 12. The molecule has 0 saturated heterocycles. The van der Waals surface area contributed by atoms with Gasteiger partial charge < -0.3 is 4.57 Å². The molecule has 2 heterocycles. The molecule has 0 atom stereocenters. The molecule has 0 unspecified atom stereocenters. The number of para-hydroxylation sites is 1. The van der Waals surface area contributed by atoms with Gasteiger partial charge in [0.25, 0.3) is 0 Å². The average molecular weight is 845 g/mol. The minimum Gasteiger partial charge on any atom is -0.309 e. The van der Waals surface area contributed by atoms with Crippen molar-refractivity contribution in [1.82, 2.24) is 9.38 Å². The van der Waals surface area contributed by atoms with Gasteiger partial charge in [-0.3, -0.25) is 4.40 Å².